The molecule has 0 aromatic heterocycles. The third-order valence-corrected chi connectivity index (χ3v) is 2.09. The second kappa shape index (κ2) is 4.99. The summed E-state index contributed by atoms with van der Waals surface area (Å²) in [4.78, 5) is 22.7. The topological polar surface area (TPSA) is 83.7 Å². The summed E-state index contributed by atoms with van der Waals surface area (Å²) in [5, 5.41) is 19.8. The average Bonchev–Trinajstić information content (AvgIpc) is 2.27. The summed E-state index contributed by atoms with van der Waals surface area (Å²) in [6.45, 7) is 0.122. The zero-order valence-corrected chi connectivity index (χ0v) is 9.08. The number of carbonyl (C=O) groups is 1. The molecule has 0 aliphatic rings. The molecule has 6 nitrogen and oxygen atoms in total. The number of carbonyl (C=O) groups excluding carboxylic acids is 1. The van der Waals surface area contributed by atoms with E-state index in [1.807, 2.05) is 0 Å². The minimum atomic E-state index is -0.727. The number of nitro benzene ring substituents is 1. The summed E-state index contributed by atoms with van der Waals surface area (Å²) >= 11 is 0. The molecule has 0 radical (unpaired) electrons. The lowest BCUT2D eigenvalue weighted by Crippen LogP contribution is -2.26. The molecule has 17 heavy (non-hydrogen) atoms. The highest BCUT2D eigenvalue weighted by Gasteiger charge is 2.17. The van der Waals surface area contributed by atoms with Crippen LogP contribution in [0.5, 0.6) is 5.75 Å². The van der Waals surface area contributed by atoms with Crippen molar-refractivity contribution in [2.75, 3.05) is 13.6 Å². The first kappa shape index (κ1) is 12.5. The van der Waals surface area contributed by atoms with E-state index in [2.05, 4.69) is 5.92 Å². The van der Waals surface area contributed by atoms with Crippen LogP contribution in [0, 0.1) is 22.5 Å². The monoisotopic (exact) mass is 234 g/mol. The van der Waals surface area contributed by atoms with Crippen molar-refractivity contribution in [3.05, 3.63) is 33.9 Å². The van der Waals surface area contributed by atoms with Crippen molar-refractivity contribution < 1.29 is 14.8 Å². The summed E-state index contributed by atoms with van der Waals surface area (Å²) in [6, 6.07) is 3.40. The van der Waals surface area contributed by atoms with E-state index in [0.29, 0.717) is 0 Å². The van der Waals surface area contributed by atoms with Crippen molar-refractivity contribution in [1.82, 2.24) is 4.90 Å². The van der Waals surface area contributed by atoms with E-state index in [9.17, 15) is 20.0 Å². The first-order valence-corrected chi connectivity index (χ1v) is 4.63. The van der Waals surface area contributed by atoms with Crippen molar-refractivity contribution >= 4 is 11.6 Å². The lowest BCUT2D eigenvalue weighted by Gasteiger charge is -2.13. The van der Waals surface area contributed by atoms with Gasteiger partial charge in [0.15, 0.2) is 5.75 Å². The highest BCUT2D eigenvalue weighted by Crippen LogP contribution is 2.26. The van der Waals surface area contributed by atoms with Gasteiger partial charge >= 0.3 is 5.69 Å². The first-order valence-electron chi connectivity index (χ1n) is 4.63. The maximum atomic E-state index is 11.7. The lowest BCUT2D eigenvalue weighted by atomic mass is 10.1. The predicted molar refractivity (Wildman–Crippen MR) is 60.6 cm³/mol. The number of benzene rings is 1. The van der Waals surface area contributed by atoms with E-state index in [4.69, 9.17) is 6.42 Å². The molecule has 0 aliphatic heterocycles. The molecular formula is C11H10N2O4. The van der Waals surface area contributed by atoms with Gasteiger partial charge in [-0.05, 0) is 12.1 Å². The summed E-state index contributed by atoms with van der Waals surface area (Å²) in [5.41, 5.74) is -0.299. The molecule has 0 saturated carbocycles. The number of phenolic OH excluding ortho intramolecular Hbond substituents is 1. The molecule has 88 valence electrons. The Hall–Kier alpha value is -2.55. The van der Waals surface area contributed by atoms with Crippen molar-refractivity contribution in [3.8, 4) is 18.1 Å². The minimum Gasteiger partial charge on any atom is -0.502 e. The standard InChI is InChI=1S/C11H10N2O4/c1-3-6-12(2)11(15)8-4-5-9(13(16)17)10(14)7-8/h1,4-5,7,14H,6H2,2H3. The smallest absolute Gasteiger partial charge is 0.310 e. The minimum absolute atomic E-state index is 0.122. The fourth-order valence-corrected chi connectivity index (χ4v) is 1.24. The quantitative estimate of drug-likeness (QED) is 0.480. The zero-order valence-electron chi connectivity index (χ0n) is 9.08. The van der Waals surface area contributed by atoms with Crippen LogP contribution in [-0.4, -0.2) is 34.4 Å². The molecule has 1 rings (SSSR count). The number of terminal acetylenes is 1. The highest BCUT2D eigenvalue weighted by molar-refractivity contribution is 5.95. The molecule has 1 aromatic rings. The van der Waals surface area contributed by atoms with Crippen molar-refractivity contribution in [2.24, 2.45) is 0 Å². The zero-order chi connectivity index (χ0) is 13.0. The summed E-state index contributed by atoms with van der Waals surface area (Å²) in [5.74, 6) is 1.34. The largest absolute Gasteiger partial charge is 0.502 e. The van der Waals surface area contributed by atoms with Crippen molar-refractivity contribution in [2.45, 2.75) is 0 Å². The molecule has 6 heteroatoms. The summed E-state index contributed by atoms with van der Waals surface area (Å²) in [6.07, 6.45) is 5.06. The van der Waals surface area contributed by atoms with Gasteiger partial charge in [-0.2, -0.15) is 0 Å². The second-order valence-corrected chi connectivity index (χ2v) is 3.33. The van der Waals surface area contributed by atoms with E-state index < -0.39 is 22.3 Å². The van der Waals surface area contributed by atoms with Gasteiger partial charge in [0, 0.05) is 18.7 Å². The van der Waals surface area contributed by atoms with Crippen LogP contribution in [0.2, 0.25) is 0 Å². The molecule has 0 saturated heterocycles. The third kappa shape index (κ3) is 2.72. The number of aromatic hydroxyl groups is 1. The SMILES string of the molecule is C#CCN(C)C(=O)c1ccc([N+](=O)[O-])c(O)c1. The van der Waals surface area contributed by atoms with Crippen LogP contribution >= 0.6 is 0 Å². The van der Waals surface area contributed by atoms with Gasteiger partial charge in [0.2, 0.25) is 0 Å². The van der Waals surface area contributed by atoms with Crippen LogP contribution in [0.3, 0.4) is 0 Å². The maximum absolute atomic E-state index is 11.7. The Bertz CT molecular complexity index is 505. The Kier molecular flexibility index (Phi) is 3.67. The first-order chi connectivity index (χ1) is 7.97. The molecule has 1 N–H and O–H groups in total. The number of amides is 1. The van der Waals surface area contributed by atoms with Gasteiger partial charge in [-0.3, -0.25) is 14.9 Å². The molecule has 0 bridgehead atoms. The second-order valence-electron chi connectivity index (χ2n) is 3.33. The number of nitro groups is 1. The van der Waals surface area contributed by atoms with Gasteiger partial charge in [0.05, 0.1) is 11.5 Å². The van der Waals surface area contributed by atoms with E-state index >= 15 is 0 Å². The van der Waals surface area contributed by atoms with Gasteiger partial charge in [-0.1, -0.05) is 5.92 Å². The molecule has 0 aliphatic carbocycles. The van der Waals surface area contributed by atoms with Gasteiger partial charge < -0.3 is 10.0 Å². The maximum Gasteiger partial charge on any atom is 0.310 e. The summed E-state index contributed by atoms with van der Waals surface area (Å²) < 4.78 is 0. The lowest BCUT2D eigenvalue weighted by molar-refractivity contribution is -0.385. The number of rotatable bonds is 3. The van der Waals surface area contributed by atoms with Crippen LogP contribution in [0.15, 0.2) is 18.2 Å². The van der Waals surface area contributed by atoms with Crippen LogP contribution in [0.4, 0.5) is 5.69 Å². The van der Waals surface area contributed by atoms with Crippen LogP contribution in [0.1, 0.15) is 10.4 Å². The molecule has 0 unspecified atom stereocenters. The normalized spacial score (nSPS) is 9.41. The van der Waals surface area contributed by atoms with Gasteiger partial charge in [0.25, 0.3) is 5.91 Å². The van der Waals surface area contributed by atoms with Crippen LogP contribution in [-0.2, 0) is 0 Å². The fourth-order valence-electron chi connectivity index (χ4n) is 1.24. The number of hydrogen-bond donors (Lipinski definition) is 1. The summed E-state index contributed by atoms with van der Waals surface area (Å²) in [7, 11) is 1.50. The van der Waals surface area contributed by atoms with E-state index in [0.717, 1.165) is 12.1 Å². The van der Waals surface area contributed by atoms with Crippen molar-refractivity contribution in [1.29, 1.82) is 0 Å². The Morgan fingerprint density at radius 3 is 2.76 bits per heavy atom. The number of hydrogen-bond acceptors (Lipinski definition) is 4. The van der Waals surface area contributed by atoms with E-state index in [-0.39, 0.29) is 12.1 Å². The highest BCUT2D eigenvalue weighted by atomic mass is 16.6. The van der Waals surface area contributed by atoms with Crippen molar-refractivity contribution in [3.63, 3.8) is 0 Å². The number of phenols is 1. The van der Waals surface area contributed by atoms with E-state index in [1.165, 1.54) is 18.0 Å². The Balaban J connectivity index is 3.02. The predicted octanol–water partition coefficient (Wildman–Crippen LogP) is 1.01. The van der Waals surface area contributed by atoms with E-state index in [1.54, 1.807) is 0 Å². The molecule has 0 spiro atoms. The number of nitrogens with zero attached hydrogens (tertiary/aromatic N) is 2. The third-order valence-electron chi connectivity index (χ3n) is 2.09. The van der Waals surface area contributed by atoms with Gasteiger partial charge in [-0.15, -0.1) is 6.42 Å². The fraction of sp³-hybridized carbons (Fsp3) is 0.182. The molecule has 1 aromatic carbocycles. The average molecular weight is 234 g/mol. The Morgan fingerprint density at radius 1 is 1.65 bits per heavy atom. The molecule has 0 heterocycles. The molecule has 1 amide bonds. The molecule has 0 fully saturated rings. The molecular weight excluding hydrogens is 224 g/mol. The Morgan fingerprint density at radius 2 is 2.29 bits per heavy atom. The molecule has 0 atom stereocenters. The van der Waals surface area contributed by atoms with Gasteiger partial charge in [0.1, 0.15) is 0 Å². The van der Waals surface area contributed by atoms with Crippen LogP contribution < -0.4 is 0 Å². The Labute approximate surface area is 97.6 Å². The van der Waals surface area contributed by atoms with Gasteiger partial charge in [-0.25, -0.2) is 0 Å². The van der Waals surface area contributed by atoms with Crippen LogP contribution in [0.25, 0.3) is 0 Å².